The summed E-state index contributed by atoms with van der Waals surface area (Å²) in [5, 5.41) is 0.892. The number of likely N-dealkylation sites (tertiary alicyclic amines) is 2. The summed E-state index contributed by atoms with van der Waals surface area (Å²) in [6, 6.07) is 8.44. The molecular formula is C26H38ClN3. The Hall–Kier alpha value is -1.29. The molecule has 4 heteroatoms. The first-order valence-corrected chi connectivity index (χ1v) is 12.3. The third-order valence-electron chi connectivity index (χ3n) is 7.53. The van der Waals surface area contributed by atoms with Gasteiger partial charge in [-0.15, -0.1) is 0 Å². The number of halogens is 1. The molecule has 0 aromatic heterocycles. The maximum atomic E-state index is 6.71. The predicted octanol–water partition coefficient (Wildman–Crippen LogP) is 5.89. The van der Waals surface area contributed by atoms with Crippen molar-refractivity contribution in [1.82, 2.24) is 14.7 Å². The molecule has 0 aliphatic carbocycles. The van der Waals surface area contributed by atoms with Gasteiger partial charge < -0.3 is 14.7 Å². The number of hydrogen-bond donors (Lipinski definition) is 0. The van der Waals surface area contributed by atoms with Gasteiger partial charge in [0, 0.05) is 55.3 Å². The molecule has 3 nitrogen and oxygen atoms in total. The van der Waals surface area contributed by atoms with Gasteiger partial charge in [-0.05, 0) is 88.5 Å². The van der Waals surface area contributed by atoms with Gasteiger partial charge in [-0.25, -0.2) is 0 Å². The van der Waals surface area contributed by atoms with Crippen molar-refractivity contribution in [1.29, 1.82) is 0 Å². The minimum absolute atomic E-state index is 0.303. The SMILES string of the molecule is CC1=C(CCN2CCCC2)N(C)C(CCN2CCCC2)=C(C)C1c1ccccc1Cl. The first kappa shape index (κ1) is 21.9. The van der Waals surface area contributed by atoms with Crippen LogP contribution in [0.15, 0.2) is 46.8 Å². The molecule has 3 aliphatic rings. The average Bonchev–Trinajstić information content (AvgIpc) is 3.43. The Morgan fingerprint density at radius 2 is 1.27 bits per heavy atom. The number of benzene rings is 1. The third kappa shape index (κ3) is 4.64. The van der Waals surface area contributed by atoms with Gasteiger partial charge in [0.25, 0.3) is 0 Å². The van der Waals surface area contributed by atoms with Gasteiger partial charge in [-0.2, -0.15) is 0 Å². The number of nitrogens with zero attached hydrogens (tertiary/aromatic N) is 3. The van der Waals surface area contributed by atoms with E-state index >= 15 is 0 Å². The summed E-state index contributed by atoms with van der Waals surface area (Å²) in [6.07, 6.45) is 7.69. The number of rotatable bonds is 7. The highest BCUT2D eigenvalue weighted by atomic mass is 35.5. The summed E-state index contributed by atoms with van der Waals surface area (Å²) in [7, 11) is 2.30. The van der Waals surface area contributed by atoms with Crippen molar-refractivity contribution >= 4 is 11.6 Å². The van der Waals surface area contributed by atoms with E-state index in [9.17, 15) is 0 Å². The van der Waals surface area contributed by atoms with Crippen molar-refractivity contribution in [3.63, 3.8) is 0 Å². The molecule has 0 amide bonds. The molecule has 4 rings (SSSR count). The van der Waals surface area contributed by atoms with Gasteiger partial charge in [-0.1, -0.05) is 29.8 Å². The van der Waals surface area contributed by atoms with Gasteiger partial charge >= 0.3 is 0 Å². The number of hydrogen-bond acceptors (Lipinski definition) is 3. The van der Waals surface area contributed by atoms with Gasteiger partial charge in [0.05, 0.1) is 0 Å². The van der Waals surface area contributed by atoms with Crippen molar-refractivity contribution in [2.45, 2.75) is 58.3 Å². The molecule has 0 unspecified atom stereocenters. The second-order valence-corrected chi connectivity index (χ2v) is 9.78. The maximum Gasteiger partial charge on any atom is 0.0447 e. The molecule has 1 aromatic carbocycles. The van der Waals surface area contributed by atoms with Crippen LogP contribution in [0.4, 0.5) is 0 Å². The van der Waals surface area contributed by atoms with Crippen molar-refractivity contribution in [2.24, 2.45) is 0 Å². The molecule has 0 N–H and O–H groups in total. The summed E-state index contributed by atoms with van der Waals surface area (Å²) >= 11 is 6.71. The van der Waals surface area contributed by atoms with Crippen molar-refractivity contribution in [2.75, 3.05) is 46.3 Å². The van der Waals surface area contributed by atoms with Crippen LogP contribution in [0.25, 0.3) is 0 Å². The molecular weight excluding hydrogens is 390 g/mol. The second kappa shape index (κ2) is 9.89. The van der Waals surface area contributed by atoms with Gasteiger partial charge in [0.1, 0.15) is 0 Å². The fourth-order valence-electron chi connectivity index (χ4n) is 5.80. The lowest BCUT2D eigenvalue weighted by atomic mass is 9.80. The fourth-order valence-corrected chi connectivity index (χ4v) is 6.04. The fraction of sp³-hybridized carbons (Fsp3) is 0.615. The zero-order valence-corrected chi connectivity index (χ0v) is 19.8. The molecule has 0 saturated carbocycles. The third-order valence-corrected chi connectivity index (χ3v) is 7.87. The normalized spacial score (nSPS) is 22.1. The predicted molar refractivity (Wildman–Crippen MR) is 128 cm³/mol. The zero-order valence-electron chi connectivity index (χ0n) is 19.1. The lowest BCUT2D eigenvalue weighted by molar-refractivity contribution is 0.308. The van der Waals surface area contributed by atoms with Crippen LogP contribution in [0.3, 0.4) is 0 Å². The minimum atomic E-state index is 0.303. The highest BCUT2D eigenvalue weighted by molar-refractivity contribution is 6.31. The lowest BCUT2D eigenvalue weighted by Gasteiger charge is -2.39. The van der Waals surface area contributed by atoms with Crippen LogP contribution in [0.2, 0.25) is 5.02 Å². The number of allylic oxidation sites excluding steroid dienone is 2. The van der Waals surface area contributed by atoms with Crippen molar-refractivity contribution in [3.05, 3.63) is 57.4 Å². The van der Waals surface area contributed by atoms with Crippen LogP contribution in [0.5, 0.6) is 0 Å². The summed E-state index contributed by atoms with van der Waals surface area (Å²) in [5.41, 5.74) is 7.24. The molecule has 0 atom stereocenters. The Kier molecular flexibility index (Phi) is 7.23. The van der Waals surface area contributed by atoms with E-state index in [0.717, 1.165) is 17.9 Å². The van der Waals surface area contributed by atoms with E-state index in [1.807, 2.05) is 12.1 Å². The molecule has 0 radical (unpaired) electrons. The van der Waals surface area contributed by atoms with Gasteiger partial charge in [0.2, 0.25) is 0 Å². The van der Waals surface area contributed by atoms with Gasteiger partial charge in [-0.3, -0.25) is 0 Å². The Labute approximate surface area is 188 Å². The second-order valence-electron chi connectivity index (χ2n) is 9.37. The van der Waals surface area contributed by atoms with Crippen LogP contribution >= 0.6 is 11.6 Å². The Morgan fingerprint density at radius 1 is 0.800 bits per heavy atom. The minimum Gasteiger partial charge on any atom is -0.352 e. The molecule has 3 heterocycles. The first-order valence-electron chi connectivity index (χ1n) is 11.9. The van der Waals surface area contributed by atoms with E-state index in [0.29, 0.717) is 5.92 Å². The molecule has 3 aliphatic heterocycles. The monoisotopic (exact) mass is 427 g/mol. The van der Waals surface area contributed by atoms with E-state index in [2.05, 4.69) is 47.7 Å². The molecule has 0 bridgehead atoms. The molecule has 30 heavy (non-hydrogen) atoms. The zero-order chi connectivity index (χ0) is 21.1. The molecule has 164 valence electrons. The van der Waals surface area contributed by atoms with E-state index in [1.54, 1.807) is 0 Å². The quantitative estimate of drug-likeness (QED) is 0.537. The highest BCUT2D eigenvalue weighted by Crippen LogP contribution is 2.44. The average molecular weight is 428 g/mol. The smallest absolute Gasteiger partial charge is 0.0447 e. The van der Waals surface area contributed by atoms with E-state index in [1.165, 1.54) is 93.1 Å². The summed E-state index contributed by atoms with van der Waals surface area (Å²) in [5.74, 6) is 0.303. The summed E-state index contributed by atoms with van der Waals surface area (Å²) in [6.45, 7) is 12.1. The van der Waals surface area contributed by atoms with Crippen molar-refractivity contribution in [3.8, 4) is 0 Å². The standard InChI is InChI=1S/C26H38ClN3/c1-20-24(12-18-29-14-6-7-15-29)28(3)25(13-19-30-16-8-9-17-30)21(2)26(20)22-10-4-5-11-23(22)27/h4-5,10-11,26H,6-9,12-19H2,1-3H3. The summed E-state index contributed by atoms with van der Waals surface area (Å²) in [4.78, 5) is 7.80. The molecule has 0 spiro atoms. The van der Waals surface area contributed by atoms with Crippen molar-refractivity contribution < 1.29 is 0 Å². The topological polar surface area (TPSA) is 9.72 Å². The first-order chi connectivity index (χ1) is 14.6. The molecule has 1 aromatic rings. The van der Waals surface area contributed by atoms with Crippen LogP contribution in [-0.2, 0) is 0 Å². The van der Waals surface area contributed by atoms with E-state index in [4.69, 9.17) is 11.6 Å². The highest BCUT2D eigenvalue weighted by Gasteiger charge is 2.31. The van der Waals surface area contributed by atoms with Crippen LogP contribution < -0.4 is 0 Å². The Morgan fingerprint density at radius 3 is 1.73 bits per heavy atom. The van der Waals surface area contributed by atoms with E-state index in [-0.39, 0.29) is 0 Å². The largest absolute Gasteiger partial charge is 0.352 e. The Balaban J connectivity index is 1.62. The van der Waals surface area contributed by atoms with Crippen LogP contribution in [-0.4, -0.2) is 61.0 Å². The van der Waals surface area contributed by atoms with Crippen LogP contribution in [0.1, 0.15) is 63.9 Å². The van der Waals surface area contributed by atoms with E-state index < -0.39 is 0 Å². The lowest BCUT2D eigenvalue weighted by Crippen LogP contribution is -2.32. The molecule has 2 fully saturated rings. The molecule has 2 saturated heterocycles. The maximum absolute atomic E-state index is 6.71. The van der Waals surface area contributed by atoms with Gasteiger partial charge in [0.15, 0.2) is 0 Å². The van der Waals surface area contributed by atoms with Crippen LogP contribution in [0, 0.1) is 0 Å². The Bertz CT molecular complexity index is 756. The summed E-state index contributed by atoms with van der Waals surface area (Å²) < 4.78 is 0.